The maximum atomic E-state index is 11.7. The summed E-state index contributed by atoms with van der Waals surface area (Å²) in [6, 6.07) is 7.22. The summed E-state index contributed by atoms with van der Waals surface area (Å²) >= 11 is 0. The largest absolute Gasteiger partial charge is 0.507 e. The average molecular weight is 471 g/mol. The van der Waals surface area contributed by atoms with E-state index in [1.165, 1.54) is 6.92 Å². The molecule has 0 fully saturated rings. The van der Waals surface area contributed by atoms with Crippen LogP contribution in [0.2, 0.25) is 0 Å². The highest BCUT2D eigenvalue weighted by molar-refractivity contribution is 5.97. The molecule has 7 nitrogen and oxygen atoms in total. The molecule has 3 rings (SSSR count). The van der Waals surface area contributed by atoms with Crippen LogP contribution >= 0.6 is 0 Å². The van der Waals surface area contributed by atoms with Crippen molar-refractivity contribution in [1.82, 2.24) is 0 Å². The number of Topliss-reactive ketones (excluding diaryl/α,β-unsaturated/α-hetero) is 1. The van der Waals surface area contributed by atoms with Crippen LogP contribution in [0.1, 0.15) is 73.5 Å². The smallest absolute Gasteiger partial charge is 0.344 e. The number of carboxylic acids is 1. The lowest BCUT2D eigenvalue weighted by molar-refractivity contribution is -0.145. The van der Waals surface area contributed by atoms with E-state index in [4.69, 9.17) is 14.2 Å². The number of hydrogen-bond acceptors (Lipinski definition) is 6. The lowest BCUT2D eigenvalue weighted by atomic mass is 9.96. The Hall–Kier alpha value is -3.22. The summed E-state index contributed by atoms with van der Waals surface area (Å²) in [5, 5.41) is 19.8. The van der Waals surface area contributed by atoms with Crippen LogP contribution in [0.15, 0.2) is 24.3 Å². The summed E-state index contributed by atoms with van der Waals surface area (Å²) in [6.45, 7) is 6.31. The molecule has 2 aromatic rings. The van der Waals surface area contributed by atoms with Crippen molar-refractivity contribution in [3.8, 4) is 23.0 Å². The van der Waals surface area contributed by atoms with Crippen LogP contribution in [0.25, 0.3) is 0 Å². The number of ketones is 1. The lowest BCUT2D eigenvalue weighted by Gasteiger charge is -2.26. The van der Waals surface area contributed by atoms with Gasteiger partial charge in [0.15, 0.2) is 11.9 Å². The minimum atomic E-state index is -0.943. The van der Waals surface area contributed by atoms with E-state index in [1.807, 2.05) is 19.1 Å². The summed E-state index contributed by atoms with van der Waals surface area (Å²) in [6.07, 6.45) is 3.99. The molecular formula is C27H34O7. The zero-order valence-electron chi connectivity index (χ0n) is 20.2. The molecular weight excluding hydrogens is 436 g/mol. The maximum absolute atomic E-state index is 11.7. The van der Waals surface area contributed by atoms with Crippen molar-refractivity contribution < 1.29 is 34.0 Å². The van der Waals surface area contributed by atoms with Gasteiger partial charge in [0.25, 0.3) is 0 Å². The van der Waals surface area contributed by atoms with Crippen LogP contribution in [-0.2, 0) is 24.1 Å². The van der Waals surface area contributed by atoms with Gasteiger partial charge in [-0.1, -0.05) is 32.8 Å². The second-order valence-corrected chi connectivity index (χ2v) is 8.56. The van der Waals surface area contributed by atoms with Gasteiger partial charge < -0.3 is 24.4 Å². The highest BCUT2D eigenvalue weighted by Gasteiger charge is 2.28. The van der Waals surface area contributed by atoms with Crippen molar-refractivity contribution in [2.75, 3.05) is 13.2 Å². The van der Waals surface area contributed by atoms with E-state index < -0.39 is 12.1 Å². The second-order valence-electron chi connectivity index (χ2n) is 8.56. The first-order valence-electron chi connectivity index (χ1n) is 12.0. The number of ether oxygens (including phenoxy) is 3. The number of fused-ring (bicyclic) bond motifs is 1. The molecule has 0 radical (unpaired) electrons. The lowest BCUT2D eigenvalue weighted by Crippen LogP contribution is -2.31. The van der Waals surface area contributed by atoms with E-state index in [9.17, 15) is 19.8 Å². The number of aromatic hydroxyl groups is 1. The molecule has 0 aliphatic carbocycles. The number of hydrogen-bond donors (Lipinski definition) is 2. The number of phenolic OH excluding ortho intramolecular Hbond substituents is 1. The Labute approximate surface area is 200 Å². The van der Waals surface area contributed by atoms with Crippen molar-refractivity contribution in [2.45, 2.75) is 71.8 Å². The number of carbonyl (C=O) groups excluding carboxylic acids is 1. The van der Waals surface area contributed by atoms with Crippen molar-refractivity contribution in [1.29, 1.82) is 0 Å². The summed E-state index contributed by atoms with van der Waals surface area (Å²) < 4.78 is 17.8. The van der Waals surface area contributed by atoms with Gasteiger partial charge in [-0.25, -0.2) is 4.79 Å². The third-order valence-corrected chi connectivity index (χ3v) is 5.93. The Morgan fingerprint density at radius 3 is 2.24 bits per heavy atom. The Balaban J connectivity index is 1.63. The van der Waals surface area contributed by atoms with Gasteiger partial charge in [0.05, 0.1) is 18.8 Å². The summed E-state index contributed by atoms with van der Waals surface area (Å²) in [4.78, 5) is 23.1. The molecule has 1 unspecified atom stereocenters. The van der Waals surface area contributed by atoms with Crippen molar-refractivity contribution in [3.05, 3.63) is 46.5 Å². The molecule has 1 heterocycles. The van der Waals surface area contributed by atoms with E-state index in [2.05, 4.69) is 6.92 Å². The third-order valence-electron chi connectivity index (χ3n) is 5.93. The second kappa shape index (κ2) is 11.8. The molecule has 0 aromatic heterocycles. The van der Waals surface area contributed by atoms with Gasteiger partial charge in [0.1, 0.15) is 23.0 Å². The Bertz CT molecular complexity index is 1030. The monoisotopic (exact) mass is 470 g/mol. The fraction of sp³-hybridized carbons (Fsp3) is 0.481. The van der Waals surface area contributed by atoms with Gasteiger partial charge in [0, 0.05) is 17.5 Å². The van der Waals surface area contributed by atoms with E-state index in [0.717, 1.165) is 30.4 Å². The third kappa shape index (κ3) is 5.82. The van der Waals surface area contributed by atoms with Gasteiger partial charge in [-0.2, -0.15) is 0 Å². The van der Waals surface area contributed by atoms with Gasteiger partial charge in [0.2, 0.25) is 0 Å². The summed E-state index contributed by atoms with van der Waals surface area (Å²) in [5.41, 5.74) is 2.90. The van der Waals surface area contributed by atoms with Crippen LogP contribution in [0.3, 0.4) is 0 Å². The molecule has 2 N–H and O–H groups in total. The maximum Gasteiger partial charge on any atom is 0.344 e. The van der Waals surface area contributed by atoms with Gasteiger partial charge in [-0.15, -0.1) is 0 Å². The Morgan fingerprint density at radius 1 is 1.00 bits per heavy atom. The van der Waals surface area contributed by atoms with Crippen LogP contribution in [0, 0.1) is 0 Å². The molecule has 1 aliphatic heterocycles. The number of carboxylic acid groups (broad SMARTS) is 1. The predicted molar refractivity (Wildman–Crippen MR) is 129 cm³/mol. The van der Waals surface area contributed by atoms with Crippen molar-refractivity contribution in [3.63, 3.8) is 0 Å². The normalized spacial score (nSPS) is 14.7. The summed E-state index contributed by atoms with van der Waals surface area (Å²) in [7, 11) is 0. The zero-order chi connectivity index (χ0) is 24.7. The number of aliphatic carboxylic acids is 1. The van der Waals surface area contributed by atoms with Crippen LogP contribution in [0.5, 0.6) is 23.0 Å². The molecule has 0 saturated carbocycles. The molecule has 0 saturated heterocycles. The molecule has 0 bridgehead atoms. The number of rotatable bonds is 12. The van der Waals surface area contributed by atoms with Crippen LogP contribution in [-0.4, -0.2) is 41.3 Å². The molecule has 0 spiro atoms. The molecule has 184 valence electrons. The highest BCUT2D eigenvalue weighted by Crippen LogP contribution is 2.38. The Kier molecular flexibility index (Phi) is 8.79. The number of carbonyl (C=O) groups is 2. The van der Waals surface area contributed by atoms with E-state index in [0.29, 0.717) is 67.3 Å². The van der Waals surface area contributed by atoms with Gasteiger partial charge in [-0.3, -0.25) is 4.79 Å². The van der Waals surface area contributed by atoms with Gasteiger partial charge >= 0.3 is 5.97 Å². The number of benzene rings is 2. The zero-order valence-corrected chi connectivity index (χ0v) is 20.2. The van der Waals surface area contributed by atoms with E-state index >= 15 is 0 Å². The molecule has 1 aliphatic rings. The predicted octanol–water partition coefficient (Wildman–Crippen LogP) is 5.13. The van der Waals surface area contributed by atoms with E-state index in [-0.39, 0.29) is 11.5 Å². The fourth-order valence-electron chi connectivity index (χ4n) is 4.24. The van der Waals surface area contributed by atoms with Gasteiger partial charge in [-0.05, 0) is 56.4 Å². The number of aryl methyl sites for hydroxylation is 1. The quantitative estimate of drug-likeness (QED) is 0.328. The number of phenols is 1. The van der Waals surface area contributed by atoms with Crippen LogP contribution < -0.4 is 14.2 Å². The van der Waals surface area contributed by atoms with Crippen LogP contribution in [0.4, 0.5) is 0 Å². The standard InChI is InChI=1S/C27H34O7/c1-4-7-20-22(14-11-19(17(3)28)25(20)29)32-15-6-16-33-23-12-9-18-10-13-24(27(30)31)34-26(18)21(23)8-5-2/h9,11-12,14,24,29H,4-8,10,13,15-16H2,1-3H3,(H,30,31). The first kappa shape index (κ1) is 25.4. The highest BCUT2D eigenvalue weighted by atomic mass is 16.5. The molecule has 7 heteroatoms. The molecule has 1 atom stereocenters. The topological polar surface area (TPSA) is 102 Å². The summed E-state index contributed by atoms with van der Waals surface area (Å²) in [5.74, 6) is 0.822. The average Bonchev–Trinajstić information content (AvgIpc) is 2.81. The molecule has 2 aromatic carbocycles. The first-order chi connectivity index (χ1) is 16.4. The molecule has 34 heavy (non-hydrogen) atoms. The minimum Gasteiger partial charge on any atom is -0.507 e. The van der Waals surface area contributed by atoms with Crippen molar-refractivity contribution in [2.24, 2.45) is 0 Å². The Morgan fingerprint density at radius 2 is 1.62 bits per heavy atom. The van der Waals surface area contributed by atoms with Crippen molar-refractivity contribution >= 4 is 11.8 Å². The first-order valence-corrected chi connectivity index (χ1v) is 12.0. The minimum absolute atomic E-state index is 0.000955. The fourth-order valence-corrected chi connectivity index (χ4v) is 4.24. The SMILES string of the molecule is CCCc1c(OCCCOc2ccc3c(c2CCC)OC(C(=O)O)CC3)ccc(C(C)=O)c1O. The molecule has 0 amide bonds. The van der Waals surface area contributed by atoms with E-state index in [1.54, 1.807) is 12.1 Å².